The number of nitrogens with one attached hydrogen (secondary N) is 1. The Hall–Kier alpha value is -3.77. The van der Waals surface area contributed by atoms with E-state index in [4.69, 9.17) is 0 Å². The van der Waals surface area contributed by atoms with E-state index in [0.717, 1.165) is 10.8 Å². The van der Waals surface area contributed by atoms with Gasteiger partial charge in [0.05, 0.1) is 11.3 Å². The highest BCUT2D eigenvalue weighted by molar-refractivity contribution is 7.11. The van der Waals surface area contributed by atoms with Gasteiger partial charge < -0.3 is 5.32 Å². The monoisotopic (exact) mass is 414 g/mol. The maximum absolute atomic E-state index is 13.5. The first-order chi connectivity index (χ1) is 14.6. The minimum Gasteiger partial charge on any atom is -0.350 e. The van der Waals surface area contributed by atoms with Gasteiger partial charge >= 0.3 is 0 Å². The molecule has 30 heavy (non-hydrogen) atoms. The van der Waals surface area contributed by atoms with Crippen LogP contribution < -0.4 is 10.2 Å². The Morgan fingerprint density at radius 1 is 0.800 bits per heavy atom. The molecule has 1 aliphatic heterocycles. The first-order valence-electron chi connectivity index (χ1n) is 9.31. The third-order valence-electron chi connectivity index (χ3n) is 4.97. The van der Waals surface area contributed by atoms with Gasteiger partial charge in [-0.1, -0.05) is 42.5 Å². The van der Waals surface area contributed by atoms with Crippen LogP contribution in [0.15, 0.2) is 89.9 Å². The fourth-order valence-corrected chi connectivity index (χ4v) is 4.36. The summed E-state index contributed by atoms with van der Waals surface area (Å²) in [5, 5.41) is 6.65. The number of hydrogen-bond donors (Lipinski definition) is 1. The van der Waals surface area contributed by atoms with Crippen LogP contribution in [0.1, 0.15) is 4.88 Å². The minimum atomic E-state index is -0.441. The third-order valence-corrected chi connectivity index (χ3v) is 5.86. The Morgan fingerprint density at radius 3 is 2.33 bits per heavy atom. The second kappa shape index (κ2) is 7.24. The van der Waals surface area contributed by atoms with Crippen LogP contribution in [0.5, 0.6) is 0 Å². The molecule has 2 heterocycles. The maximum Gasteiger partial charge on any atom is 0.282 e. The van der Waals surface area contributed by atoms with Gasteiger partial charge in [-0.3, -0.25) is 9.59 Å². The van der Waals surface area contributed by atoms with Gasteiger partial charge in [0, 0.05) is 16.0 Å². The number of carbonyl (C=O) groups excluding carboxylic acids is 2. The van der Waals surface area contributed by atoms with Crippen LogP contribution in [0.4, 0.5) is 15.8 Å². The van der Waals surface area contributed by atoms with Gasteiger partial charge in [-0.05, 0) is 47.2 Å². The summed E-state index contributed by atoms with van der Waals surface area (Å²) in [6, 6.07) is 22.5. The highest BCUT2D eigenvalue weighted by Gasteiger charge is 2.41. The largest absolute Gasteiger partial charge is 0.350 e. The van der Waals surface area contributed by atoms with Crippen molar-refractivity contribution in [3.8, 4) is 0 Å². The number of anilines is 2. The zero-order valence-electron chi connectivity index (χ0n) is 15.6. The van der Waals surface area contributed by atoms with E-state index in [1.807, 2.05) is 53.9 Å². The van der Waals surface area contributed by atoms with Gasteiger partial charge in [0.1, 0.15) is 11.5 Å². The van der Waals surface area contributed by atoms with E-state index >= 15 is 0 Å². The van der Waals surface area contributed by atoms with Crippen LogP contribution in [-0.2, 0) is 9.59 Å². The second-order valence-electron chi connectivity index (χ2n) is 6.80. The van der Waals surface area contributed by atoms with E-state index in [1.54, 1.807) is 6.07 Å². The number of halogens is 1. The van der Waals surface area contributed by atoms with Gasteiger partial charge in [-0.2, -0.15) is 0 Å². The van der Waals surface area contributed by atoms with Crippen LogP contribution in [0.2, 0.25) is 0 Å². The number of imide groups is 1. The molecule has 1 N–H and O–H groups in total. The van der Waals surface area contributed by atoms with E-state index in [1.165, 1.54) is 40.5 Å². The van der Waals surface area contributed by atoms with Crippen molar-refractivity contribution in [1.29, 1.82) is 0 Å². The van der Waals surface area contributed by atoms with Crippen molar-refractivity contribution in [3.05, 3.63) is 101 Å². The number of nitrogens with zero attached hydrogens (tertiary/aromatic N) is 1. The lowest BCUT2D eigenvalue weighted by Gasteiger charge is -2.17. The fraction of sp³-hybridized carbons (Fsp3) is 0. The molecule has 0 bridgehead atoms. The van der Waals surface area contributed by atoms with Crippen LogP contribution in [0.25, 0.3) is 16.3 Å². The fourth-order valence-electron chi connectivity index (χ4n) is 3.59. The lowest BCUT2D eigenvalue weighted by molar-refractivity contribution is -0.120. The van der Waals surface area contributed by atoms with Crippen LogP contribution in [-0.4, -0.2) is 11.8 Å². The summed E-state index contributed by atoms with van der Waals surface area (Å²) in [7, 11) is 0. The number of fused-ring (bicyclic) bond motifs is 1. The third kappa shape index (κ3) is 2.98. The average molecular weight is 414 g/mol. The molecule has 4 nitrogen and oxygen atoms in total. The smallest absolute Gasteiger partial charge is 0.282 e. The first kappa shape index (κ1) is 18.3. The molecule has 0 spiro atoms. The zero-order chi connectivity index (χ0) is 20.7. The standard InChI is InChI=1S/C24H15FN2O2S/c25-16-10-12-17(13-11-16)26-22-21(20-9-4-14-30-20)23(28)27(24(22)29)19-8-3-6-15-5-1-2-7-18(15)19/h1-14,26H. The van der Waals surface area contributed by atoms with Crippen molar-refractivity contribution in [3.63, 3.8) is 0 Å². The number of amides is 2. The second-order valence-corrected chi connectivity index (χ2v) is 7.75. The molecular formula is C24H15FN2O2S. The summed E-state index contributed by atoms with van der Waals surface area (Å²) in [4.78, 5) is 28.8. The lowest BCUT2D eigenvalue weighted by Crippen LogP contribution is -2.32. The van der Waals surface area contributed by atoms with Crippen molar-refractivity contribution in [1.82, 2.24) is 0 Å². The quantitative estimate of drug-likeness (QED) is 0.453. The van der Waals surface area contributed by atoms with E-state index in [2.05, 4.69) is 5.32 Å². The molecule has 0 fully saturated rings. The highest BCUT2D eigenvalue weighted by atomic mass is 32.1. The molecule has 146 valence electrons. The summed E-state index contributed by atoms with van der Waals surface area (Å²) in [6.07, 6.45) is 0. The van der Waals surface area contributed by atoms with Crippen molar-refractivity contribution in [2.45, 2.75) is 0 Å². The molecule has 0 saturated carbocycles. The maximum atomic E-state index is 13.5. The SMILES string of the molecule is O=C1C(Nc2ccc(F)cc2)=C(c2cccs2)C(=O)N1c1cccc2ccccc12. The predicted octanol–water partition coefficient (Wildman–Crippen LogP) is 5.44. The molecule has 6 heteroatoms. The minimum absolute atomic E-state index is 0.182. The Balaban J connectivity index is 1.64. The molecule has 0 aliphatic carbocycles. The van der Waals surface area contributed by atoms with Crippen LogP contribution in [0.3, 0.4) is 0 Å². The lowest BCUT2D eigenvalue weighted by atomic mass is 10.1. The zero-order valence-corrected chi connectivity index (χ0v) is 16.4. The predicted molar refractivity (Wildman–Crippen MR) is 118 cm³/mol. The molecule has 4 aromatic rings. The van der Waals surface area contributed by atoms with Crippen molar-refractivity contribution >= 4 is 50.9 Å². The first-order valence-corrected chi connectivity index (χ1v) is 10.2. The molecule has 3 aromatic carbocycles. The Labute approximate surface area is 175 Å². The van der Waals surface area contributed by atoms with Crippen molar-refractivity contribution in [2.75, 3.05) is 10.2 Å². The van der Waals surface area contributed by atoms with E-state index in [-0.39, 0.29) is 17.4 Å². The number of carbonyl (C=O) groups is 2. The summed E-state index contributed by atoms with van der Waals surface area (Å²) in [6.45, 7) is 0. The van der Waals surface area contributed by atoms with Crippen LogP contribution in [0, 0.1) is 5.82 Å². The van der Waals surface area contributed by atoms with E-state index in [9.17, 15) is 14.0 Å². The molecule has 0 atom stereocenters. The van der Waals surface area contributed by atoms with Gasteiger partial charge in [0.2, 0.25) is 0 Å². The highest BCUT2D eigenvalue weighted by Crippen LogP contribution is 2.38. The van der Waals surface area contributed by atoms with Crippen molar-refractivity contribution in [2.24, 2.45) is 0 Å². The van der Waals surface area contributed by atoms with Crippen LogP contribution >= 0.6 is 11.3 Å². The number of hydrogen-bond acceptors (Lipinski definition) is 4. The molecule has 5 rings (SSSR count). The van der Waals surface area contributed by atoms with Gasteiger partial charge in [0.25, 0.3) is 11.8 Å². The summed E-state index contributed by atoms with van der Waals surface area (Å²) >= 11 is 1.39. The number of rotatable bonds is 4. The number of benzene rings is 3. The number of thiophene rings is 1. The normalized spacial score (nSPS) is 14.1. The Kier molecular flexibility index (Phi) is 4.41. The molecular weight excluding hydrogens is 399 g/mol. The molecule has 0 saturated heterocycles. The van der Waals surface area contributed by atoms with Gasteiger partial charge in [0.15, 0.2) is 0 Å². The molecule has 0 radical (unpaired) electrons. The summed E-state index contributed by atoms with van der Waals surface area (Å²) < 4.78 is 13.3. The topological polar surface area (TPSA) is 49.4 Å². The van der Waals surface area contributed by atoms with Crippen molar-refractivity contribution < 1.29 is 14.0 Å². The average Bonchev–Trinajstić information content (AvgIpc) is 3.36. The summed E-state index contributed by atoms with van der Waals surface area (Å²) in [5.41, 5.74) is 1.56. The molecule has 0 unspecified atom stereocenters. The van der Waals surface area contributed by atoms with E-state index in [0.29, 0.717) is 21.8 Å². The molecule has 1 aromatic heterocycles. The Bertz CT molecular complexity index is 1310. The summed E-state index contributed by atoms with van der Waals surface area (Å²) in [5.74, 6) is -1.20. The van der Waals surface area contributed by atoms with Gasteiger partial charge in [-0.25, -0.2) is 9.29 Å². The Morgan fingerprint density at radius 2 is 1.57 bits per heavy atom. The molecule has 2 amide bonds. The molecule has 1 aliphatic rings. The van der Waals surface area contributed by atoms with E-state index < -0.39 is 5.91 Å². The van der Waals surface area contributed by atoms with Gasteiger partial charge in [-0.15, -0.1) is 11.3 Å².